The van der Waals surface area contributed by atoms with E-state index in [0.717, 1.165) is 5.56 Å². The van der Waals surface area contributed by atoms with Crippen molar-refractivity contribution in [3.63, 3.8) is 0 Å². The van der Waals surface area contributed by atoms with E-state index in [1.165, 1.54) is 0 Å². The quantitative estimate of drug-likeness (QED) is 0.749. The van der Waals surface area contributed by atoms with Crippen LogP contribution < -0.4 is 10.6 Å². The van der Waals surface area contributed by atoms with E-state index in [1.807, 2.05) is 6.92 Å². The van der Waals surface area contributed by atoms with E-state index in [1.54, 1.807) is 36.4 Å². The van der Waals surface area contributed by atoms with Crippen LogP contribution in [-0.4, -0.2) is 11.8 Å². The smallest absolute Gasteiger partial charge is 0.233 e. The average molecular weight is 372 g/mol. The van der Waals surface area contributed by atoms with Gasteiger partial charge in [0.2, 0.25) is 11.8 Å². The molecular formula is C16H13Cl3N2O2. The van der Waals surface area contributed by atoms with Crippen LogP contribution >= 0.6 is 34.8 Å². The van der Waals surface area contributed by atoms with Crippen LogP contribution in [0.15, 0.2) is 36.4 Å². The summed E-state index contributed by atoms with van der Waals surface area (Å²) < 4.78 is 0. The highest BCUT2D eigenvalue weighted by atomic mass is 35.5. The number of carbonyl (C=O) groups excluding carboxylic acids is 2. The summed E-state index contributed by atoms with van der Waals surface area (Å²) in [5, 5.41) is 6.27. The minimum atomic E-state index is -0.518. The Hall–Kier alpha value is -1.75. The second-order valence-electron chi connectivity index (χ2n) is 4.83. The first-order valence-corrected chi connectivity index (χ1v) is 7.80. The van der Waals surface area contributed by atoms with E-state index in [2.05, 4.69) is 10.6 Å². The molecule has 23 heavy (non-hydrogen) atoms. The van der Waals surface area contributed by atoms with Gasteiger partial charge in [-0.05, 0) is 36.8 Å². The number of nitrogens with one attached hydrogen (secondary N) is 2. The van der Waals surface area contributed by atoms with Crippen molar-refractivity contribution >= 4 is 58.0 Å². The first-order valence-electron chi connectivity index (χ1n) is 6.66. The van der Waals surface area contributed by atoms with Gasteiger partial charge in [-0.2, -0.15) is 0 Å². The van der Waals surface area contributed by atoms with Crippen molar-refractivity contribution in [3.8, 4) is 0 Å². The Balaban J connectivity index is 1.97. The van der Waals surface area contributed by atoms with E-state index < -0.39 is 11.8 Å². The van der Waals surface area contributed by atoms with E-state index in [-0.39, 0.29) is 12.1 Å². The molecule has 0 aliphatic carbocycles. The lowest BCUT2D eigenvalue weighted by Crippen LogP contribution is -2.21. The highest BCUT2D eigenvalue weighted by Crippen LogP contribution is 2.29. The zero-order chi connectivity index (χ0) is 17.0. The van der Waals surface area contributed by atoms with Crippen molar-refractivity contribution in [1.29, 1.82) is 0 Å². The predicted octanol–water partition coefficient (Wildman–Crippen LogP) is 4.92. The van der Waals surface area contributed by atoms with Gasteiger partial charge in [-0.15, -0.1) is 0 Å². The third-order valence-corrected chi connectivity index (χ3v) is 4.04. The highest BCUT2D eigenvalue weighted by Gasteiger charge is 2.13. The molecule has 120 valence electrons. The molecule has 2 aromatic rings. The van der Waals surface area contributed by atoms with E-state index >= 15 is 0 Å². The number of halogens is 3. The molecule has 0 aliphatic heterocycles. The second kappa shape index (κ2) is 7.68. The molecule has 0 bridgehead atoms. The van der Waals surface area contributed by atoms with Crippen molar-refractivity contribution in [2.24, 2.45) is 0 Å². The van der Waals surface area contributed by atoms with Crippen LogP contribution in [0.25, 0.3) is 0 Å². The van der Waals surface area contributed by atoms with Gasteiger partial charge in [-0.1, -0.05) is 46.9 Å². The van der Waals surface area contributed by atoms with Crippen LogP contribution in [0.2, 0.25) is 15.1 Å². The Morgan fingerprint density at radius 2 is 1.52 bits per heavy atom. The molecule has 0 radical (unpaired) electrons. The van der Waals surface area contributed by atoms with Crippen LogP contribution in [0, 0.1) is 6.92 Å². The fourth-order valence-electron chi connectivity index (χ4n) is 1.82. The zero-order valence-corrected chi connectivity index (χ0v) is 14.4. The molecule has 2 amide bonds. The second-order valence-corrected chi connectivity index (χ2v) is 6.06. The third-order valence-electron chi connectivity index (χ3n) is 3.00. The minimum absolute atomic E-state index is 0.284. The van der Waals surface area contributed by atoms with Crippen LogP contribution in [0.4, 0.5) is 11.4 Å². The van der Waals surface area contributed by atoms with Gasteiger partial charge in [0.15, 0.2) is 0 Å². The molecule has 4 nitrogen and oxygen atoms in total. The molecule has 0 heterocycles. The van der Waals surface area contributed by atoms with Crippen molar-refractivity contribution in [3.05, 3.63) is 57.0 Å². The average Bonchev–Trinajstić information content (AvgIpc) is 2.47. The predicted molar refractivity (Wildman–Crippen MR) is 94.5 cm³/mol. The maximum Gasteiger partial charge on any atom is 0.233 e. The summed E-state index contributed by atoms with van der Waals surface area (Å²) in [4.78, 5) is 23.8. The van der Waals surface area contributed by atoms with Crippen molar-refractivity contribution < 1.29 is 9.59 Å². The number of hydrogen-bond acceptors (Lipinski definition) is 2. The molecule has 0 spiro atoms. The number of carbonyl (C=O) groups is 2. The number of anilines is 2. The van der Waals surface area contributed by atoms with Gasteiger partial charge in [-0.25, -0.2) is 0 Å². The standard InChI is InChI=1S/C16H13Cl3N2O2/c1-9-5-6-10(7-13(9)19)20-14(22)8-15(23)21-16-11(17)3-2-4-12(16)18/h2-7H,8H2,1H3,(H,20,22)(H,21,23). The molecule has 7 heteroatoms. The summed E-state index contributed by atoms with van der Waals surface area (Å²) in [5.41, 5.74) is 1.71. The Labute approximate surface area is 148 Å². The van der Waals surface area contributed by atoms with Crippen molar-refractivity contribution in [2.75, 3.05) is 10.6 Å². The maximum absolute atomic E-state index is 11.9. The number of rotatable bonds is 4. The highest BCUT2D eigenvalue weighted by molar-refractivity contribution is 6.39. The third kappa shape index (κ3) is 4.86. The molecule has 0 atom stereocenters. The number of hydrogen-bond donors (Lipinski definition) is 2. The van der Waals surface area contributed by atoms with Crippen molar-refractivity contribution in [1.82, 2.24) is 0 Å². The number of amides is 2. The molecular weight excluding hydrogens is 359 g/mol. The van der Waals surface area contributed by atoms with E-state index in [0.29, 0.717) is 20.8 Å². The van der Waals surface area contributed by atoms with Crippen LogP contribution in [0.3, 0.4) is 0 Å². The first kappa shape index (κ1) is 17.6. The number of para-hydroxylation sites is 1. The largest absolute Gasteiger partial charge is 0.326 e. The Bertz CT molecular complexity index is 743. The van der Waals surface area contributed by atoms with Crippen molar-refractivity contribution in [2.45, 2.75) is 13.3 Å². The summed E-state index contributed by atoms with van der Waals surface area (Å²) in [6.07, 6.45) is -0.368. The maximum atomic E-state index is 11.9. The lowest BCUT2D eigenvalue weighted by molar-refractivity contribution is -0.123. The molecule has 0 saturated carbocycles. The normalized spacial score (nSPS) is 10.3. The summed E-state index contributed by atoms with van der Waals surface area (Å²) in [6.45, 7) is 1.86. The van der Waals surface area contributed by atoms with E-state index in [4.69, 9.17) is 34.8 Å². The summed E-state index contributed by atoms with van der Waals surface area (Å²) >= 11 is 17.9. The Kier molecular flexibility index (Phi) is 5.88. The lowest BCUT2D eigenvalue weighted by Gasteiger charge is -2.10. The van der Waals surface area contributed by atoms with Gasteiger partial charge in [-0.3, -0.25) is 9.59 Å². The fourth-order valence-corrected chi connectivity index (χ4v) is 2.49. The SMILES string of the molecule is Cc1ccc(NC(=O)CC(=O)Nc2c(Cl)cccc2Cl)cc1Cl. The molecule has 2 N–H and O–H groups in total. The fraction of sp³-hybridized carbons (Fsp3) is 0.125. The Morgan fingerprint density at radius 3 is 2.13 bits per heavy atom. The van der Waals surface area contributed by atoms with Gasteiger partial charge in [0.05, 0.1) is 15.7 Å². The number of aryl methyl sites for hydroxylation is 1. The topological polar surface area (TPSA) is 58.2 Å². The molecule has 2 aromatic carbocycles. The molecule has 0 aromatic heterocycles. The van der Waals surface area contributed by atoms with Gasteiger partial charge in [0.25, 0.3) is 0 Å². The lowest BCUT2D eigenvalue weighted by atomic mass is 10.2. The van der Waals surface area contributed by atoms with Gasteiger partial charge in [0.1, 0.15) is 6.42 Å². The summed E-state index contributed by atoms with van der Waals surface area (Å²) in [7, 11) is 0. The molecule has 0 fully saturated rings. The van der Waals surface area contributed by atoms with E-state index in [9.17, 15) is 9.59 Å². The molecule has 0 saturated heterocycles. The minimum Gasteiger partial charge on any atom is -0.326 e. The van der Waals surface area contributed by atoms with Crippen LogP contribution in [0.5, 0.6) is 0 Å². The molecule has 0 unspecified atom stereocenters. The van der Waals surface area contributed by atoms with Gasteiger partial charge < -0.3 is 10.6 Å². The Morgan fingerprint density at radius 1 is 0.913 bits per heavy atom. The molecule has 0 aliphatic rings. The summed E-state index contributed by atoms with van der Waals surface area (Å²) in [6, 6.07) is 9.96. The van der Waals surface area contributed by atoms with Crippen LogP contribution in [-0.2, 0) is 9.59 Å². The number of benzene rings is 2. The zero-order valence-electron chi connectivity index (χ0n) is 12.1. The molecule has 2 rings (SSSR count). The summed E-state index contributed by atoms with van der Waals surface area (Å²) in [5.74, 6) is -0.985. The monoisotopic (exact) mass is 370 g/mol. The van der Waals surface area contributed by atoms with Gasteiger partial charge in [0, 0.05) is 10.7 Å². The first-order chi connectivity index (χ1) is 10.9. The van der Waals surface area contributed by atoms with Gasteiger partial charge >= 0.3 is 0 Å². The van der Waals surface area contributed by atoms with Crippen LogP contribution in [0.1, 0.15) is 12.0 Å².